The Balaban J connectivity index is 1.29. The monoisotopic (exact) mass is 575 g/mol. The summed E-state index contributed by atoms with van der Waals surface area (Å²) < 4.78 is 0. The van der Waals surface area contributed by atoms with Crippen molar-refractivity contribution in [1.82, 2.24) is 24.8 Å². The van der Waals surface area contributed by atoms with E-state index in [-0.39, 0.29) is 11.9 Å². The molecule has 0 aliphatic carbocycles. The Labute approximate surface area is 250 Å². The van der Waals surface area contributed by atoms with E-state index < -0.39 is 0 Å². The molecule has 6 rings (SSSR count). The SMILES string of the molecule is C=CC(=O)Nc1cccc(N2C(=O)N(Cc3ccccc3)Cc3cnc(Nc4ccc(N5CCN(C)CC5)nc4)nc32)c1. The Kier molecular flexibility index (Phi) is 7.96. The molecule has 3 amide bonds. The molecule has 218 valence electrons. The molecule has 0 saturated carbocycles. The lowest BCUT2D eigenvalue weighted by atomic mass is 10.1. The number of nitrogens with one attached hydrogen (secondary N) is 2. The standard InChI is InChI=1S/C32H33N9O2/c1-3-29(42)35-25-10-7-11-27(18-25)41-30-24(22-40(32(41)43)21-23-8-5-4-6-9-23)19-34-31(37-30)36-26-12-13-28(33-20-26)39-16-14-38(2)15-17-39/h3-13,18-20H,1,14-17,21-22H2,2H3,(H,35,42)(H,34,36,37). The van der Waals surface area contributed by atoms with Gasteiger partial charge in [-0.3, -0.25) is 4.79 Å². The molecule has 11 nitrogen and oxygen atoms in total. The van der Waals surface area contributed by atoms with Crippen molar-refractivity contribution in [2.45, 2.75) is 13.1 Å². The summed E-state index contributed by atoms with van der Waals surface area (Å²) in [7, 11) is 2.13. The van der Waals surface area contributed by atoms with Crippen LogP contribution in [0.2, 0.25) is 0 Å². The maximum atomic E-state index is 14.0. The molecule has 0 unspecified atom stereocenters. The highest BCUT2D eigenvalue weighted by Crippen LogP contribution is 2.36. The predicted octanol–water partition coefficient (Wildman–Crippen LogP) is 4.77. The number of pyridine rings is 1. The Morgan fingerprint density at radius 3 is 2.51 bits per heavy atom. The maximum Gasteiger partial charge on any atom is 0.330 e. The zero-order valence-corrected chi connectivity index (χ0v) is 24.0. The molecule has 0 bridgehead atoms. The van der Waals surface area contributed by atoms with Gasteiger partial charge in [-0.05, 0) is 49.0 Å². The number of amides is 3. The molecule has 43 heavy (non-hydrogen) atoms. The van der Waals surface area contributed by atoms with Gasteiger partial charge in [0.05, 0.1) is 24.1 Å². The second-order valence-electron chi connectivity index (χ2n) is 10.6. The minimum absolute atomic E-state index is 0.230. The maximum absolute atomic E-state index is 14.0. The van der Waals surface area contributed by atoms with Gasteiger partial charge in [0.15, 0.2) is 5.82 Å². The zero-order valence-electron chi connectivity index (χ0n) is 24.0. The van der Waals surface area contributed by atoms with E-state index in [1.165, 1.54) is 6.08 Å². The van der Waals surface area contributed by atoms with Crippen molar-refractivity contribution in [2.75, 3.05) is 53.7 Å². The summed E-state index contributed by atoms with van der Waals surface area (Å²) in [6, 6.07) is 20.7. The number of urea groups is 1. The summed E-state index contributed by atoms with van der Waals surface area (Å²) in [4.78, 5) is 47.9. The normalized spacial score (nSPS) is 15.2. The van der Waals surface area contributed by atoms with Gasteiger partial charge in [0, 0.05) is 50.2 Å². The largest absolute Gasteiger partial charge is 0.354 e. The van der Waals surface area contributed by atoms with Crippen LogP contribution in [0.4, 0.5) is 39.4 Å². The first-order valence-electron chi connectivity index (χ1n) is 14.2. The molecule has 1 saturated heterocycles. The van der Waals surface area contributed by atoms with Crippen LogP contribution in [0.3, 0.4) is 0 Å². The number of rotatable bonds is 8. The summed E-state index contributed by atoms with van der Waals surface area (Å²) in [5, 5.41) is 6.01. The smallest absolute Gasteiger partial charge is 0.330 e. The van der Waals surface area contributed by atoms with Gasteiger partial charge < -0.3 is 25.3 Å². The molecule has 0 radical (unpaired) electrons. The first-order chi connectivity index (χ1) is 21.0. The van der Waals surface area contributed by atoms with Crippen molar-refractivity contribution < 1.29 is 9.59 Å². The number of benzene rings is 2. The molecule has 2 N–H and O–H groups in total. The predicted molar refractivity (Wildman–Crippen MR) is 168 cm³/mol. The lowest BCUT2D eigenvalue weighted by molar-refractivity contribution is -0.111. The molecule has 2 aromatic carbocycles. The van der Waals surface area contributed by atoms with Gasteiger partial charge in [-0.25, -0.2) is 19.7 Å². The minimum Gasteiger partial charge on any atom is -0.354 e. The van der Waals surface area contributed by atoms with Crippen molar-refractivity contribution in [3.63, 3.8) is 0 Å². The Morgan fingerprint density at radius 2 is 1.77 bits per heavy atom. The average Bonchev–Trinajstić information content (AvgIpc) is 3.03. The van der Waals surface area contributed by atoms with E-state index in [4.69, 9.17) is 4.98 Å². The van der Waals surface area contributed by atoms with E-state index in [0.717, 1.165) is 48.8 Å². The molecule has 2 aliphatic heterocycles. The van der Waals surface area contributed by atoms with Crippen LogP contribution in [0, 0.1) is 0 Å². The molecular formula is C32H33N9O2. The number of hydrogen-bond acceptors (Lipinski definition) is 8. The van der Waals surface area contributed by atoms with E-state index in [0.29, 0.717) is 36.2 Å². The molecule has 0 atom stereocenters. The van der Waals surface area contributed by atoms with Gasteiger partial charge in [-0.2, -0.15) is 4.98 Å². The highest BCUT2D eigenvalue weighted by atomic mass is 16.2. The van der Waals surface area contributed by atoms with Crippen LogP contribution in [0.25, 0.3) is 0 Å². The molecular weight excluding hydrogens is 542 g/mol. The lowest BCUT2D eigenvalue weighted by Gasteiger charge is -2.36. The zero-order chi connectivity index (χ0) is 29.8. The first kappa shape index (κ1) is 27.9. The van der Waals surface area contributed by atoms with E-state index in [1.807, 2.05) is 48.5 Å². The molecule has 4 heterocycles. The number of carbonyl (C=O) groups is 2. The van der Waals surface area contributed by atoms with Crippen molar-refractivity contribution >= 4 is 46.6 Å². The molecule has 2 aromatic heterocycles. The van der Waals surface area contributed by atoms with Crippen molar-refractivity contribution in [2.24, 2.45) is 0 Å². The van der Waals surface area contributed by atoms with Gasteiger partial charge >= 0.3 is 6.03 Å². The van der Waals surface area contributed by atoms with E-state index >= 15 is 0 Å². The number of likely N-dealkylation sites (N-methyl/N-ethyl adjacent to an activating group) is 1. The molecule has 2 aliphatic rings. The van der Waals surface area contributed by atoms with Crippen LogP contribution in [-0.4, -0.2) is 69.9 Å². The number of carbonyl (C=O) groups excluding carboxylic acids is 2. The summed E-state index contributed by atoms with van der Waals surface area (Å²) in [6.45, 7) is 8.19. The fraction of sp³-hybridized carbons (Fsp3) is 0.219. The fourth-order valence-electron chi connectivity index (χ4n) is 5.16. The molecule has 4 aromatic rings. The third kappa shape index (κ3) is 6.31. The lowest BCUT2D eigenvalue weighted by Crippen LogP contribution is -2.45. The van der Waals surface area contributed by atoms with Crippen LogP contribution in [0.15, 0.2) is 91.8 Å². The van der Waals surface area contributed by atoms with Crippen LogP contribution in [0.1, 0.15) is 11.1 Å². The van der Waals surface area contributed by atoms with Gasteiger partial charge in [0.25, 0.3) is 0 Å². The fourth-order valence-corrected chi connectivity index (χ4v) is 5.16. The number of piperazine rings is 1. The Morgan fingerprint density at radius 1 is 0.953 bits per heavy atom. The van der Waals surface area contributed by atoms with E-state index in [1.54, 1.807) is 40.4 Å². The highest BCUT2D eigenvalue weighted by Gasteiger charge is 2.33. The van der Waals surface area contributed by atoms with E-state index in [2.05, 4.69) is 44.0 Å². The van der Waals surface area contributed by atoms with Gasteiger partial charge in [-0.1, -0.05) is 43.0 Å². The second kappa shape index (κ2) is 12.3. The molecule has 1 fully saturated rings. The first-order valence-corrected chi connectivity index (χ1v) is 14.2. The minimum atomic E-state index is -0.339. The van der Waals surface area contributed by atoms with Gasteiger partial charge in [0.1, 0.15) is 5.82 Å². The Hall–Kier alpha value is -5.29. The van der Waals surface area contributed by atoms with Gasteiger partial charge in [0.2, 0.25) is 11.9 Å². The topological polar surface area (TPSA) is 110 Å². The quantitative estimate of drug-likeness (QED) is 0.289. The van der Waals surface area contributed by atoms with Crippen molar-refractivity contribution in [3.05, 3.63) is 103 Å². The second-order valence-corrected chi connectivity index (χ2v) is 10.6. The van der Waals surface area contributed by atoms with Gasteiger partial charge in [-0.15, -0.1) is 0 Å². The number of anilines is 6. The van der Waals surface area contributed by atoms with Crippen LogP contribution >= 0.6 is 0 Å². The van der Waals surface area contributed by atoms with Crippen LogP contribution in [-0.2, 0) is 17.9 Å². The highest BCUT2D eigenvalue weighted by molar-refractivity contribution is 6.03. The third-order valence-electron chi connectivity index (χ3n) is 7.48. The van der Waals surface area contributed by atoms with Crippen molar-refractivity contribution in [3.8, 4) is 0 Å². The number of nitrogens with zero attached hydrogens (tertiary/aromatic N) is 7. The third-order valence-corrected chi connectivity index (χ3v) is 7.48. The van der Waals surface area contributed by atoms with Crippen molar-refractivity contribution in [1.29, 1.82) is 0 Å². The number of aromatic nitrogens is 3. The van der Waals surface area contributed by atoms with E-state index in [9.17, 15) is 9.59 Å². The number of fused-ring (bicyclic) bond motifs is 1. The summed E-state index contributed by atoms with van der Waals surface area (Å²) in [5.41, 5.74) is 3.65. The average molecular weight is 576 g/mol. The summed E-state index contributed by atoms with van der Waals surface area (Å²) in [6.07, 6.45) is 4.72. The summed E-state index contributed by atoms with van der Waals surface area (Å²) in [5.74, 6) is 1.41. The Bertz CT molecular complexity index is 1620. The molecule has 0 spiro atoms. The number of hydrogen-bond donors (Lipinski definition) is 2. The van der Waals surface area contributed by atoms with Crippen LogP contribution < -0.4 is 20.4 Å². The molecule has 11 heteroatoms. The van der Waals surface area contributed by atoms with Crippen LogP contribution in [0.5, 0.6) is 0 Å². The summed E-state index contributed by atoms with van der Waals surface area (Å²) >= 11 is 0.